The first-order valence-electron chi connectivity index (χ1n) is 7.02. The molecule has 0 aromatic rings. The molecule has 2 heterocycles. The molecule has 0 aromatic carbocycles. The van der Waals surface area contributed by atoms with Gasteiger partial charge in [-0.05, 0) is 6.92 Å². The van der Waals surface area contributed by atoms with Crippen LogP contribution in [0.25, 0.3) is 0 Å². The second kappa shape index (κ2) is 6.75. The fourth-order valence-electron chi connectivity index (χ4n) is 3.06. The molecule has 11 nitrogen and oxygen atoms in total. The van der Waals surface area contributed by atoms with Gasteiger partial charge in [-0.2, -0.15) is 0 Å². The normalized spacial score (nSPS) is 27.8. The molecular weight excluding hydrogens is 342 g/mol. The van der Waals surface area contributed by atoms with Crippen molar-refractivity contribution in [2.75, 3.05) is 12.3 Å². The maximum atomic E-state index is 12.2. The Bertz CT molecular complexity index is 648. The van der Waals surface area contributed by atoms with Gasteiger partial charge >= 0.3 is 5.97 Å². The van der Waals surface area contributed by atoms with Gasteiger partial charge in [0.05, 0.1) is 29.1 Å². The summed E-state index contributed by atoms with van der Waals surface area (Å²) in [5.41, 5.74) is 10.9. The highest BCUT2D eigenvalue weighted by atomic mass is 32.2. The fourth-order valence-corrected chi connectivity index (χ4v) is 4.16. The number of nitrogens with two attached hydrogens (primary N) is 2. The van der Waals surface area contributed by atoms with Gasteiger partial charge in [-0.1, -0.05) is 0 Å². The SMILES string of the molecule is C[C@@H](O)[C@H]1C(=O)N2C(C(=O)O)=C(SCCN)C(/C(N)=N/[N+](=O)[O-])[C@@H]12. The number of amidine groups is 1. The first kappa shape index (κ1) is 18.2. The van der Waals surface area contributed by atoms with Gasteiger partial charge in [-0.25, -0.2) is 14.9 Å². The summed E-state index contributed by atoms with van der Waals surface area (Å²) in [6, 6.07) is -0.812. The van der Waals surface area contributed by atoms with E-state index in [2.05, 4.69) is 5.10 Å². The molecule has 1 saturated heterocycles. The van der Waals surface area contributed by atoms with Crippen molar-refractivity contribution in [2.24, 2.45) is 28.4 Å². The van der Waals surface area contributed by atoms with Gasteiger partial charge in [-0.15, -0.1) is 11.8 Å². The monoisotopic (exact) mass is 359 g/mol. The molecular formula is C12H17N5O6S. The quantitative estimate of drug-likeness (QED) is 0.136. The number of carboxylic acids is 1. The number of carbonyl (C=O) groups is 2. The van der Waals surface area contributed by atoms with Crippen LogP contribution in [0.3, 0.4) is 0 Å². The van der Waals surface area contributed by atoms with Crippen molar-refractivity contribution in [3.05, 3.63) is 20.7 Å². The molecule has 132 valence electrons. The van der Waals surface area contributed by atoms with E-state index in [1.165, 1.54) is 6.92 Å². The summed E-state index contributed by atoms with van der Waals surface area (Å²) in [5.74, 6) is -3.86. The molecule has 2 rings (SSSR count). The zero-order valence-corrected chi connectivity index (χ0v) is 13.5. The summed E-state index contributed by atoms with van der Waals surface area (Å²) in [6.07, 6.45) is -1.06. The number of rotatable bonds is 7. The van der Waals surface area contributed by atoms with E-state index in [-0.39, 0.29) is 17.1 Å². The Morgan fingerprint density at radius 1 is 1.58 bits per heavy atom. The maximum absolute atomic E-state index is 12.2. The number of hydrogen-bond acceptors (Lipinski definition) is 7. The van der Waals surface area contributed by atoms with Gasteiger partial charge in [-0.3, -0.25) is 9.69 Å². The van der Waals surface area contributed by atoms with Crippen molar-refractivity contribution in [3.63, 3.8) is 0 Å². The molecule has 0 spiro atoms. The van der Waals surface area contributed by atoms with Crippen LogP contribution < -0.4 is 11.5 Å². The lowest BCUT2D eigenvalue weighted by atomic mass is 9.78. The van der Waals surface area contributed by atoms with E-state index in [0.29, 0.717) is 5.75 Å². The zero-order chi connectivity index (χ0) is 18.2. The number of aliphatic hydroxyl groups is 1. The zero-order valence-electron chi connectivity index (χ0n) is 12.7. The number of carbonyl (C=O) groups excluding carboxylic acids is 1. The third kappa shape index (κ3) is 2.83. The molecule has 0 bridgehead atoms. The van der Waals surface area contributed by atoms with Crippen molar-refractivity contribution < 1.29 is 24.8 Å². The fraction of sp³-hybridized carbons (Fsp3) is 0.583. The highest BCUT2D eigenvalue weighted by Gasteiger charge is 2.62. The van der Waals surface area contributed by atoms with Crippen molar-refractivity contribution in [1.29, 1.82) is 0 Å². The first-order valence-corrected chi connectivity index (χ1v) is 8.00. The van der Waals surface area contributed by atoms with E-state index in [9.17, 15) is 29.9 Å². The number of aliphatic carboxylic acids is 1. The molecule has 1 unspecified atom stereocenters. The summed E-state index contributed by atoms with van der Waals surface area (Å²) < 4.78 is 0. The van der Waals surface area contributed by atoms with Crippen molar-refractivity contribution >= 4 is 29.5 Å². The van der Waals surface area contributed by atoms with Crippen LogP contribution >= 0.6 is 11.8 Å². The lowest BCUT2D eigenvalue weighted by Gasteiger charge is -2.46. The molecule has 1 fully saturated rings. The lowest BCUT2D eigenvalue weighted by Crippen LogP contribution is -2.65. The summed E-state index contributed by atoms with van der Waals surface area (Å²) in [4.78, 5) is 35.7. The highest BCUT2D eigenvalue weighted by molar-refractivity contribution is 8.03. The first-order chi connectivity index (χ1) is 11.2. The van der Waals surface area contributed by atoms with Crippen molar-refractivity contribution in [3.8, 4) is 0 Å². The van der Waals surface area contributed by atoms with E-state index < -0.39 is 46.7 Å². The number of nitro groups is 1. The average Bonchev–Trinajstić information content (AvgIpc) is 2.74. The van der Waals surface area contributed by atoms with E-state index in [4.69, 9.17) is 11.5 Å². The Morgan fingerprint density at radius 2 is 2.21 bits per heavy atom. The molecule has 0 saturated carbocycles. The number of β-lactam (4-membered cyclic amide) rings is 1. The summed E-state index contributed by atoms with van der Waals surface area (Å²) in [5, 5.41) is 32.0. The molecule has 0 radical (unpaired) electrons. The lowest BCUT2D eigenvalue weighted by molar-refractivity contribution is -0.485. The summed E-state index contributed by atoms with van der Waals surface area (Å²) in [6.45, 7) is 1.63. The Balaban J connectivity index is 2.54. The Kier molecular flexibility index (Phi) is 5.11. The molecule has 1 amide bonds. The largest absolute Gasteiger partial charge is 0.477 e. The smallest absolute Gasteiger partial charge is 0.353 e. The maximum Gasteiger partial charge on any atom is 0.353 e. The van der Waals surface area contributed by atoms with Crippen LogP contribution in [0.4, 0.5) is 0 Å². The minimum atomic E-state index is -1.35. The Hall–Kier alpha value is -2.18. The molecule has 0 aromatic heterocycles. The van der Waals surface area contributed by atoms with Crippen LogP contribution in [-0.2, 0) is 9.59 Å². The summed E-state index contributed by atoms with van der Waals surface area (Å²) in [7, 11) is 0. The number of fused-ring (bicyclic) bond motifs is 1. The number of hydrazone groups is 1. The molecule has 12 heteroatoms. The van der Waals surface area contributed by atoms with Gasteiger partial charge in [0.15, 0.2) is 10.9 Å². The van der Waals surface area contributed by atoms with E-state index in [0.717, 1.165) is 16.7 Å². The van der Waals surface area contributed by atoms with Crippen LogP contribution in [0.1, 0.15) is 6.92 Å². The second-order valence-corrected chi connectivity index (χ2v) is 6.50. The minimum absolute atomic E-state index is 0.192. The number of hydrogen-bond donors (Lipinski definition) is 4. The molecule has 2 aliphatic heterocycles. The second-order valence-electron chi connectivity index (χ2n) is 5.36. The van der Waals surface area contributed by atoms with Crippen molar-refractivity contribution in [2.45, 2.75) is 19.1 Å². The van der Waals surface area contributed by atoms with Crippen LogP contribution in [0.5, 0.6) is 0 Å². The Morgan fingerprint density at radius 3 is 2.67 bits per heavy atom. The van der Waals surface area contributed by atoms with Gasteiger partial charge in [0.1, 0.15) is 5.70 Å². The number of amides is 1. The van der Waals surface area contributed by atoms with Crippen LogP contribution in [-0.4, -0.2) is 62.3 Å². The Labute approximate surface area is 140 Å². The third-order valence-corrected chi connectivity index (χ3v) is 5.10. The minimum Gasteiger partial charge on any atom is -0.477 e. The van der Waals surface area contributed by atoms with E-state index >= 15 is 0 Å². The molecule has 24 heavy (non-hydrogen) atoms. The van der Waals surface area contributed by atoms with Gasteiger partial charge in [0.25, 0.3) is 0 Å². The predicted octanol–water partition coefficient (Wildman–Crippen LogP) is -1.64. The topological polar surface area (TPSA) is 185 Å². The van der Waals surface area contributed by atoms with Gasteiger partial charge in [0.2, 0.25) is 5.91 Å². The van der Waals surface area contributed by atoms with Crippen LogP contribution in [0, 0.1) is 22.0 Å². The molecule has 6 N–H and O–H groups in total. The van der Waals surface area contributed by atoms with Crippen LogP contribution in [0.15, 0.2) is 15.7 Å². The van der Waals surface area contributed by atoms with Crippen molar-refractivity contribution in [1.82, 2.24) is 4.90 Å². The predicted molar refractivity (Wildman–Crippen MR) is 84.1 cm³/mol. The molecule has 4 atom stereocenters. The number of aliphatic hydroxyl groups excluding tert-OH is 1. The number of nitrogens with zero attached hydrogens (tertiary/aromatic N) is 3. The molecule has 0 aliphatic carbocycles. The van der Waals surface area contributed by atoms with E-state index in [1.54, 1.807) is 0 Å². The van der Waals surface area contributed by atoms with E-state index in [1.807, 2.05) is 0 Å². The van der Waals surface area contributed by atoms with Gasteiger partial charge < -0.3 is 21.7 Å². The average molecular weight is 359 g/mol. The van der Waals surface area contributed by atoms with Crippen LogP contribution in [0.2, 0.25) is 0 Å². The number of thioether (sulfide) groups is 1. The molecule has 2 aliphatic rings. The third-order valence-electron chi connectivity index (χ3n) is 3.90. The van der Waals surface area contributed by atoms with Gasteiger partial charge in [0, 0.05) is 17.2 Å². The summed E-state index contributed by atoms with van der Waals surface area (Å²) >= 11 is 1.06. The standard InChI is InChI=1S/C12H17N5O6S/c1-4(18)5-7-6(10(14)15-17(22)23)9(24-3-2-13)8(12(20)21)16(7)11(5)19/h4-7,18H,2-3,13H2,1H3,(H2,14,15)(H,20,21)/t4-,5-,6?,7-/m1/s1. The number of carboxylic acid groups (broad SMARTS) is 1. The highest BCUT2D eigenvalue weighted by Crippen LogP contribution is 2.50.